The fourth-order valence-corrected chi connectivity index (χ4v) is 3.46. The molecular formula is C14H20N2O3S. The lowest BCUT2D eigenvalue weighted by Crippen LogP contribution is -2.39. The van der Waals surface area contributed by atoms with E-state index < -0.39 is 15.3 Å². The number of nitrogens with one attached hydrogen (secondary N) is 2. The van der Waals surface area contributed by atoms with Crippen LogP contribution in [0.3, 0.4) is 0 Å². The molecule has 2 N–H and O–H groups in total. The van der Waals surface area contributed by atoms with Crippen molar-refractivity contribution in [2.45, 2.75) is 37.5 Å². The summed E-state index contributed by atoms with van der Waals surface area (Å²) >= 11 is 0. The van der Waals surface area contributed by atoms with Gasteiger partial charge in [0.25, 0.3) is 0 Å². The van der Waals surface area contributed by atoms with Gasteiger partial charge in [-0.15, -0.1) is 0 Å². The quantitative estimate of drug-likeness (QED) is 0.890. The maximum Gasteiger partial charge on any atom is 0.235 e. The number of anilines is 1. The minimum Gasteiger partial charge on any atom is -0.488 e. The number of sulfonamides is 1. The highest BCUT2D eigenvalue weighted by Crippen LogP contribution is 2.42. The third-order valence-corrected chi connectivity index (χ3v) is 5.76. The summed E-state index contributed by atoms with van der Waals surface area (Å²) in [6, 6.07) is 5.56. The van der Waals surface area contributed by atoms with E-state index in [1.165, 1.54) is 0 Å². The summed E-state index contributed by atoms with van der Waals surface area (Å²) in [4.78, 5) is 0. The Kier molecular flexibility index (Phi) is 3.38. The number of fused-ring (bicyclic) bond motifs is 3. The van der Waals surface area contributed by atoms with E-state index in [0.717, 1.165) is 30.8 Å². The van der Waals surface area contributed by atoms with E-state index in [0.29, 0.717) is 11.6 Å². The molecule has 0 aromatic heterocycles. The molecule has 0 spiro atoms. The molecule has 1 fully saturated rings. The van der Waals surface area contributed by atoms with Crippen LogP contribution in [0.25, 0.3) is 0 Å². The van der Waals surface area contributed by atoms with E-state index in [-0.39, 0.29) is 6.10 Å². The largest absolute Gasteiger partial charge is 0.488 e. The van der Waals surface area contributed by atoms with E-state index in [4.69, 9.17) is 4.74 Å². The average Bonchev–Trinajstić information content (AvgIpc) is 2.76. The van der Waals surface area contributed by atoms with Crippen LogP contribution in [0.2, 0.25) is 0 Å². The smallest absolute Gasteiger partial charge is 0.235 e. The van der Waals surface area contributed by atoms with Gasteiger partial charge in [0.2, 0.25) is 10.0 Å². The van der Waals surface area contributed by atoms with Gasteiger partial charge in [-0.05, 0) is 45.0 Å². The Labute approximate surface area is 119 Å². The molecule has 0 amide bonds. The van der Waals surface area contributed by atoms with Gasteiger partial charge < -0.3 is 10.1 Å². The van der Waals surface area contributed by atoms with Gasteiger partial charge >= 0.3 is 0 Å². The van der Waals surface area contributed by atoms with E-state index in [1.54, 1.807) is 19.9 Å². The maximum atomic E-state index is 11.9. The summed E-state index contributed by atoms with van der Waals surface area (Å²) in [7, 11) is -3.30. The highest BCUT2D eigenvalue weighted by atomic mass is 32.2. The van der Waals surface area contributed by atoms with E-state index in [1.807, 2.05) is 12.1 Å². The molecule has 2 unspecified atom stereocenters. The summed E-state index contributed by atoms with van der Waals surface area (Å²) < 4.78 is 32.4. The highest BCUT2D eigenvalue weighted by molar-refractivity contribution is 7.93. The molecule has 1 aromatic carbocycles. The number of hydrogen-bond acceptors (Lipinski definition) is 4. The number of piperidine rings is 1. The monoisotopic (exact) mass is 296 g/mol. The van der Waals surface area contributed by atoms with Crippen LogP contribution < -0.4 is 14.8 Å². The van der Waals surface area contributed by atoms with Crippen molar-refractivity contribution in [1.82, 2.24) is 5.32 Å². The Morgan fingerprint density at radius 1 is 1.40 bits per heavy atom. The predicted molar refractivity (Wildman–Crippen MR) is 78.8 cm³/mol. The lowest BCUT2D eigenvalue weighted by atomic mass is 9.89. The van der Waals surface area contributed by atoms with Gasteiger partial charge in [0, 0.05) is 23.7 Å². The molecule has 20 heavy (non-hydrogen) atoms. The van der Waals surface area contributed by atoms with Crippen molar-refractivity contribution in [3.63, 3.8) is 0 Å². The fourth-order valence-electron chi connectivity index (χ4n) is 2.76. The molecule has 5 nitrogen and oxygen atoms in total. The first kappa shape index (κ1) is 13.7. The molecule has 2 atom stereocenters. The topological polar surface area (TPSA) is 67.4 Å². The average molecular weight is 296 g/mol. The van der Waals surface area contributed by atoms with Crippen molar-refractivity contribution >= 4 is 15.7 Å². The van der Waals surface area contributed by atoms with Gasteiger partial charge in [-0.2, -0.15) is 0 Å². The van der Waals surface area contributed by atoms with Crippen LogP contribution >= 0.6 is 0 Å². The first-order valence-electron chi connectivity index (χ1n) is 7.00. The minimum atomic E-state index is -3.30. The van der Waals surface area contributed by atoms with Crippen LogP contribution in [0.1, 0.15) is 31.7 Å². The second-order valence-electron chi connectivity index (χ2n) is 5.70. The Bertz CT molecular complexity index is 613. The molecule has 0 bridgehead atoms. The van der Waals surface area contributed by atoms with Gasteiger partial charge in [-0.25, -0.2) is 8.42 Å². The molecule has 0 aliphatic carbocycles. The Balaban J connectivity index is 1.87. The molecule has 1 saturated heterocycles. The van der Waals surface area contributed by atoms with E-state index >= 15 is 0 Å². The molecule has 1 aromatic rings. The SMILES string of the molecule is CC(C)S(=O)(=O)Nc1ccc2c(c1)C1CCNCC1O2. The number of benzene rings is 1. The predicted octanol–water partition coefficient (Wildman–Crippen LogP) is 1.67. The van der Waals surface area contributed by atoms with Gasteiger partial charge in [0.1, 0.15) is 11.9 Å². The number of ether oxygens (including phenoxy) is 1. The van der Waals surface area contributed by atoms with Crippen LogP contribution in [0.5, 0.6) is 5.75 Å². The van der Waals surface area contributed by atoms with Crippen molar-refractivity contribution in [2.75, 3.05) is 17.8 Å². The molecule has 0 radical (unpaired) electrons. The minimum absolute atomic E-state index is 0.177. The summed E-state index contributed by atoms with van der Waals surface area (Å²) in [5.74, 6) is 1.26. The second kappa shape index (κ2) is 4.93. The molecule has 6 heteroatoms. The Morgan fingerprint density at radius 3 is 2.95 bits per heavy atom. The van der Waals surface area contributed by atoms with Crippen molar-refractivity contribution < 1.29 is 13.2 Å². The summed E-state index contributed by atoms with van der Waals surface area (Å²) in [5, 5.41) is 2.88. The van der Waals surface area contributed by atoms with Crippen molar-refractivity contribution in [3.8, 4) is 5.75 Å². The van der Waals surface area contributed by atoms with Crippen LogP contribution in [-0.2, 0) is 10.0 Å². The molecule has 2 aliphatic heterocycles. The highest BCUT2D eigenvalue weighted by Gasteiger charge is 2.36. The van der Waals surface area contributed by atoms with Crippen LogP contribution in [-0.4, -0.2) is 32.9 Å². The molecule has 3 rings (SSSR count). The molecule has 2 aliphatic rings. The third kappa shape index (κ3) is 2.38. The molecule has 110 valence electrons. The van der Waals surface area contributed by atoms with E-state index in [2.05, 4.69) is 10.0 Å². The second-order valence-corrected chi connectivity index (χ2v) is 7.94. The van der Waals surface area contributed by atoms with Gasteiger partial charge in [-0.1, -0.05) is 0 Å². The summed E-state index contributed by atoms with van der Waals surface area (Å²) in [6.45, 7) is 5.17. The van der Waals surface area contributed by atoms with Crippen LogP contribution in [0.15, 0.2) is 18.2 Å². The maximum absolute atomic E-state index is 11.9. The molecule has 0 saturated carbocycles. The lowest BCUT2D eigenvalue weighted by molar-refractivity contribution is 0.177. The lowest BCUT2D eigenvalue weighted by Gasteiger charge is -2.24. The third-order valence-electron chi connectivity index (χ3n) is 3.99. The first-order chi connectivity index (χ1) is 9.47. The summed E-state index contributed by atoms with van der Waals surface area (Å²) in [6.07, 6.45) is 1.20. The zero-order valence-electron chi connectivity index (χ0n) is 11.7. The Morgan fingerprint density at radius 2 is 2.20 bits per heavy atom. The summed E-state index contributed by atoms with van der Waals surface area (Å²) in [5.41, 5.74) is 1.75. The molecular weight excluding hydrogens is 276 g/mol. The van der Waals surface area contributed by atoms with Crippen LogP contribution in [0.4, 0.5) is 5.69 Å². The Hall–Kier alpha value is -1.27. The van der Waals surface area contributed by atoms with Crippen LogP contribution in [0, 0.1) is 0 Å². The fraction of sp³-hybridized carbons (Fsp3) is 0.571. The standard InChI is InChI=1S/C14H20N2O3S/c1-9(2)20(17,18)16-10-3-4-13-12(7-10)11-5-6-15-8-14(11)19-13/h3-4,7,9,11,14-16H,5-6,8H2,1-2H3. The van der Waals surface area contributed by atoms with Gasteiger partial charge in [0.05, 0.1) is 5.25 Å². The van der Waals surface area contributed by atoms with Gasteiger partial charge in [-0.3, -0.25) is 4.72 Å². The first-order valence-corrected chi connectivity index (χ1v) is 8.55. The normalized spacial score (nSPS) is 24.9. The number of hydrogen-bond donors (Lipinski definition) is 2. The zero-order valence-corrected chi connectivity index (χ0v) is 12.5. The van der Waals surface area contributed by atoms with E-state index in [9.17, 15) is 8.42 Å². The molecule has 2 heterocycles. The number of rotatable bonds is 3. The van der Waals surface area contributed by atoms with Gasteiger partial charge in [0.15, 0.2) is 0 Å². The van der Waals surface area contributed by atoms with Crippen molar-refractivity contribution in [1.29, 1.82) is 0 Å². The van der Waals surface area contributed by atoms with Crippen molar-refractivity contribution in [2.24, 2.45) is 0 Å². The van der Waals surface area contributed by atoms with Crippen molar-refractivity contribution in [3.05, 3.63) is 23.8 Å². The zero-order chi connectivity index (χ0) is 14.3.